The van der Waals surface area contributed by atoms with Gasteiger partial charge < -0.3 is 24.9 Å². The van der Waals surface area contributed by atoms with Gasteiger partial charge in [0.25, 0.3) is 0 Å². The van der Waals surface area contributed by atoms with E-state index in [9.17, 15) is 9.90 Å². The van der Waals surface area contributed by atoms with Crippen LogP contribution in [0.1, 0.15) is 27.2 Å². The maximum absolute atomic E-state index is 13.1. The number of hydroxylamine groups is 1. The minimum atomic E-state index is -0.909. The van der Waals surface area contributed by atoms with Gasteiger partial charge in [-0.25, -0.2) is 5.48 Å². The molecule has 2 rings (SSSR count). The Labute approximate surface area is 161 Å². The van der Waals surface area contributed by atoms with Gasteiger partial charge in [-0.05, 0) is 31.4 Å². The normalized spacial score (nSPS) is 19.9. The second-order valence-electron chi connectivity index (χ2n) is 7.69. The number of hydrogen-bond acceptors (Lipinski definition) is 6. The number of amides is 1. The molecule has 1 aliphatic rings. The second-order valence-corrected chi connectivity index (χ2v) is 7.69. The third kappa shape index (κ3) is 5.57. The first-order valence-corrected chi connectivity index (χ1v) is 9.61. The van der Waals surface area contributed by atoms with E-state index in [0.717, 1.165) is 24.5 Å². The van der Waals surface area contributed by atoms with Crippen LogP contribution in [0.4, 0.5) is 5.69 Å². The Morgan fingerprint density at radius 1 is 1.37 bits per heavy atom. The lowest BCUT2D eigenvalue weighted by Crippen LogP contribution is -2.57. The first-order chi connectivity index (χ1) is 12.9. The summed E-state index contributed by atoms with van der Waals surface area (Å²) in [5.41, 5.74) is 3.07. The minimum Gasteiger partial charge on any atom is -0.497 e. The number of benzene rings is 1. The molecule has 0 aliphatic carbocycles. The molecule has 1 amide bonds. The fourth-order valence-electron chi connectivity index (χ4n) is 3.71. The van der Waals surface area contributed by atoms with Crippen LogP contribution in [0.5, 0.6) is 5.75 Å². The van der Waals surface area contributed by atoms with Gasteiger partial charge in [-0.2, -0.15) is 0 Å². The summed E-state index contributed by atoms with van der Waals surface area (Å²) in [6.07, 6.45) is -0.321. The summed E-state index contributed by atoms with van der Waals surface area (Å²) in [5.74, 6) is 0.538. The molecule has 1 saturated heterocycles. The van der Waals surface area contributed by atoms with E-state index in [2.05, 4.69) is 4.90 Å². The molecule has 7 nitrogen and oxygen atoms in total. The summed E-state index contributed by atoms with van der Waals surface area (Å²) in [5, 5.41) is 19.3. The zero-order chi connectivity index (χ0) is 20.0. The first-order valence-electron chi connectivity index (χ1n) is 9.61. The molecule has 0 saturated carbocycles. The number of aliphatic hydroxyl groups excluding tert-OH is 1. The van der Waals surface area contributed by atoms with Crippen molar-refractivity contribution in [3.8, 4) is 5.75 Å². The molecule has 3 N–H and O–H groups in total. The molecule has 1 heterocycles. The number of aliphatic hydroxyl groups is 1. The van der Waals surface area contributed by atoms with Crippen LogP contribution in [-0.4, -0.2) is 66.6 Å². The third-order valence-electron chi connectivity index (χ3n) is 5.14. The number of methoxy groups -OCH3 is 1. The lowest BCUT2D eigenvalue weighted by atomic mass is 9.90. The Morgan fingerprint density at radius 3 is 2.70 bits per heavy atom. The number of rotatable bonds is 8. The summed E-state index contributed by atoms with van der Waals surface area (Å²) in [7, 11) is 1.65. The predicted octanol–water partition coefficient (Wildman–Crippen LogP) is 1.73. The number of nitrogens with zero attached hydrogens (tertiary/aromatic N) is 2. The van der Waals surface area contributed by atoms with Crippen molar-refractivity contribution >= 4 is 11.6 Å². The van der Waals surface area contributed by atoms with Crippen LogP contribution in [0, 0.1) is 11.8 Å². The lowest BCUT2D eigenvalue weighted by Gasteiger charge is -2.43. The van der Waals surface area contributed by atoms with E-state index in [1.807, 2.05) is 55.4 Å². The Balaban J connectivity index is 2.07. The SMILES string of the molecule is COc1cccc(N2CCN(C(=O)[C@@H](CC(C)C)[C@H](O)CNO)[C@H](C)C2)c1. The van der Waals surface area contributed by atoms with E-state index >= 15 is 0 Å². The van der Waals surface area contributed by atoms with Gasteiger partial charge in [0, 0.05) is 44.0 Å². The van der Waals surface area contributed by atoms with Crippen LogP contribution < -0.4 is 15.1 Å². The molecule has 27 heavy (non-hydrogen) atoms. The Morgan fingerprint density at radius 2 is 2.11 bits per heavy atom. The highest BCUT2D eigenvalue weighted by atomic mass is 16.5. The second kappa shape index (κ2) is 9.92. The van der Waals surface area contributed by atoms with Gasteiger partial charge in [0.15, 0.2) is 0 Å². The topological polar surface area (TPSA) is 85.3 Å². The quantitative estimate of drug-likeness (QED) is 0.597. The molecule has 1 aliphatic heterocycles. The highest BCUT2D eigenvalue weighted by Crippen LogP contribution is 2.26. The molecular weight excluding hydrogens is 346 g/mol. The van der Waals surface area contributed by atoms with E-state index in [-0.39, 0.29) is 24.4 Å². The molecule has 1 aromatic rings. The highest BCUT2D eigenvalue weighted by Gasteiger charge is 2.35. The van der Waals surface area contributed by atoms with Gasteiger partial charge in [-0.1, -0.05) is 19.9 Å². The number of carbonyl (C=O) groups is 1. The zero-order valence-corrected chi connectivity index (χ0v) is 16.8. The van der Waals surface area contributed by atoms with Gasteiger partial charge in [-0.15, -0.1) is 0 Å². The van der Waals surface area contributed by atoms with Crippen LogP contribution in [0.15, 0.2) is 24.3 Å². The molecule has 0 radical (unpaired) electrons. The largest absolute Gasteiger partial charge is 0.497 e. The molecule has 1 aromatic carbocycles. The van der Waals surface area contributed by atoms with Crippen molar-refractivity contribution in [1.29, 1.82) is 0 Å². The summed E-state index contributed by atoms with van der Waals surface area (Å²) in [4.78, 5) is 17.2. The number of anilines is 1. The molecule has 0 unspecified atom stereocenters. The maximum Gasteiger partial charge on any atom is 0.228 e. The molecule has 3 atom stereocenters. The van der Waals surface area contributed by atoms with Crippen molar-refractivity contribution < 1.29 is 19.8 Å². The van der Waals surface area contributed by atoms with Crippen molar-refractivity contribution in [3.05, 3.63) is 24.3 Å². The molecular formula is C20H33N3O4. The Kier molecular flexibility index (Phi) is 7.89. The monoisotopic (exact) mass is 379 g/mol. The van der Waals surface area contributed by atoms with E-state index < -0.39 is 12.0 Å². The van der Waals surface area contributed by atoms with Gasteiger partial charge in [0.2, 0.25) is 5.91 Å². The van der Waals surface area contributed by atoms with Gasteiger partial charge >= 0.3 is 0 Å². The van der Waals surface area contributed by atoms with Crippen LogP contribution in [0.25, 0.3) is 0 Å². The molecule has 1 fully saturated rings. The molecule has 0 bridgehead atoms. The molecule has 0 spiro atoms. The average molecular weight is 380 g/mol. The maximum atomic E-state index is 13.1. The number of ether oxygens (including phenoxy) is 1. The number of piperazine rings is 1. The molecule has 0 aromatic heterocycles. The van der Waals surface area contributed by atoms with Gasteiger partial charge in [0.05, 0.1) is 19.1 Å². The summed E-state index contributed by atoms with van der Waals surface area (Å²) >= 11 is 0. The number of nitrogens with one attached hydrogen (secondary N) is 1. The average Bonchev–Trinajstić information content (AvgIpc) is 2.65. The Bertz CT molecular complexity index is 611. The summed E-state index contributed by atoms with van der Waals surface area (Å²) < 4.78 is 5.30. The van der Waals surface area contributed by atoms with E-state index in [1.165, 1.54) is 0 Å². The fraction of sp³-hybridized carbons (Fsp3) is 0.650. The minimum absolute atomic E-state index is 0.0126. The fourth-order valence-corrected chi connectivity index (χ4v) is 3.71. The van der Waals surface area contributed by atoms with Crippen molar-refractivity contribution in [1.82, 2.24) is 10.4 Å². The molecule has 7 heteroatoms. The van der Waals surface area contributed by atoms with E-state index in [0.29, 0.717) is 13.0 Å². The van der Waals surface area contributed by atoms with Crippen molar-refractivity contribution in [3.63, 3.8) is 0 Å². The standard InChI is InChI=1S/C20H33N3O4/c1-14(2)10-18(19(24)12-21-26)20(25)23-9-8-22(13-15(23)3)16-6-5-7-17(11-16)27-4/h5-7,11,14-15,18-19,21,24,26H,8-10,12-13H2,1-4H3/t15-,18+,19-/m1/s1. The van der Waals surface area contributed by atoms with Crippen LogP contribution in [0.3, 0.4) is 0 Å². The van der Waals surface area contributed by atoms with Crippen LogP contribution >= 0.6 is 0 Å². The van der Waals surface area contributed by atoms with E-state index in [4.69, 9.17) is 9.94 Å². The summed E-state index contributed by atoms with van der Waals surface area (Å²) in [6, 6.07) is 7.96. The first kappa shape index (κ1) is 21.5. The van der Waals surface area contributed by atoms with Gasteiger partial charge in [-0.3, -0.25) is 4.79 Å². The van der Waals surface area contributed by atoms with Crippen LogP contribution in [-0.2, 0) is 4.79 Å². The van der Waals surface area contributed by atoms with Crippen molar-refractivity contribution in [2.24, 2.45) is 11.8 Å². The van der Waals surface area contributed by atoms with Crippen molar-refractivity contribution in [2.45, 2.75) is 39.3 Å². The van der Waals surface area contributed by atoms with E-state index in [1.54, 1.807) is 7.11 Å². The number of carbonyl (C=O) groups excluding carboxylic acids is 1. The van der Waals surface area contributed by atoms with Gasteiger partial charge in [0.1, 0.15) is 5.75 Å². The predicted molar refractivity (Wildman–Crippen MR) is 105 cm³/mol. The zero-order valence-electron chi connectivity index (χ0n) is 16.8. The van der Waals surface area contributed by atoms with Crippen LogP contribution in [0.2, 0.25) is 0 Å². The highest BCUT2D eigenvalue weighted by molar-refractivity contribution is 5.80. The third-order valence-corrected chi connectivity index (χ3v) is 5.14. The Hall–Kier alpha value is -1.83. The van der Waals surface area contributed by atoms with Crippen molar-refractivity contribution in [2.75, 3.05) is 38.2 Å². The summed E-state index contributed by atoms with van der Waals surface area (Å²) in [6.45, 7) is 8.14. The smallest absolute Gasteiger partial charge is 0.228 e. The molecule has 152 valence electrons. The lowest BCUT2D eigenvalue weighted by molar-refractivity contribution is -0.143. The number of hydrogen-bond donors (Lipinski definition) is 3.